The second-order valence-electron chi connectivity index (χ2n) is 5.89. The number of rotatable bonds is 4. The predicted octanol–water partition coefficient (Wildman–Crippen LogP) is 4.16. The molecule has 2 aromatic heterocycles. The number of amides is 2. The van der Waals surface area contributed by atoms with Crippen LogP contribution in [0.1, 0.15) is 6.42 Å². The minimum atomic E-state index is -0.405. The summed E-state index contributed by atoms with van der Waals surface area (Å²) in [6, 6.07) is 11.1. The molecule has 1 atom stereocenters. The number of thiazole rings is 1. The molecule has 0 unspecified atom stereocenters. The summed E-state index contributed by atoms with van der Waals surface area (Å²) in [6.45, 7) is 0.359. The first-order valence-electron chi connectivity index (χ1n) is 7.96. The minimum Gasteiger partial charge on any atom is -0.463 e. The van der Waals surface area contributed by atoms with E-state index in [2.05, 4.69) is 26.2 Å². The van der Waals surface area contributed by atoms with Crippen LogP contribution in [-0.2, 0) is 9.59 Å². The van der Waals surface area contributed by atoms with Gasteiger partial charge in [-0.25, -0.2) is 4.98 Å². The van der Waals surface area contributed by atoms with E-state index in [1.54, 1.807) is 17.2 Å². The molecule has 3 aromatic rings. The number of aromatic nitrogens is 1. The van der Waals surface area contributed by atoms with Crippen molar-refractivity contribution in [3.63, 3.8) is 0 Å². The van der Waals surface area contributed by atoms with Crippen LogP contribution in [0.25, 0.3) is 11.5 Å². The van der Waals surface area contributed by atoms with Gasteiger partial charge in [0.2, 0.25) is 11.8 Å². The molecule has 0 radical (unpaired) electrons. The lowest BCUT2D eigenvalue weighted by atomic mass is 10.1. The van der Waals surface area contributed by atoms with E-state index in [1.807, 2.05) is 35.7 Å². The van der Waals surface area contributed by atoms with Crippen molar-refractivity contribution in [3.8, 4) is 11.5 Å². The van der Waals surface area contributed by atoms with Crippen LogP contribution in [0.3, 0.4) is 0 Å². The number of anilines is 2. The van der Waals surface area contributed by atoms with Crippen LogP contribution in [0, 0.1) is 5.92 Å². The van der Waals surface area contributed by atoms with Crippen LogP contribution in [-0.4, -0.2) is 23.3 Å². The molecule has 1 aliphatic rings. The molecule has 8 heteroatoms. The van der Waals surface area contributed by atoms with Gasteiger partial charge in [-0.3, -0.25) is 9.59 Å². The summed E-state index contributed by atoms with van der Waals surface area (Å²) in [5, 5.41) is 5.13. The van der Waals surface area contributed by atoms with Crippen LogP contribution >= 0.6 is 27.3 Å². The fraction of sp³-hybridized carbons (Fsp3) is 0.167. The second kappa shape index (κ2) is 7.05. The first-order chi connectivity index (χ1) is 12.6. The third-order valence-electron chi connectivity index (χ3n) is 4.12. The number of halogens is 1. The van der Waals surface area contributed by atoms with Crippen LogP contribution in [0.2, 0.25) is 0 Å². The Balaban J connectivity index is 1.44. The Labute approximate surface area is 162 Å². The molecule has 3 heterocycles. The maximum Gasteiger partial charge on any atom is 0.231 e. The average molecular weight is 432 g/mol. The largest absolute Gasteiger partial charge is 0.463 e. The summed E-state index contributed by atoms with van der Waals surface area (Å²) in [5.74, 6) is -0.00841. The summed E-state index contributed by atoms with van der Waals surface area (Å²) in [4.78, 5) is 30.9. The molecule has 0 bridgehead atoms. The fourth-order valence-corrected chi connectivity index (χ4v) is 3.94. The molecule has 0 aliphatic carbocycles. The van der Waals surface area contributed by atoms with E-state index < -0.39 is 5.92 Å². The molecule has 4 rings (SSSR count). The number of carbonyl (C=O) groups is 2. The molecular weight excluding hydrogens is 418 g/mol. The van der Waals surface area contributed by atoms with Crippen molar-refractivity contribution >= 4 is 49.9 Å². The highest BCUT2D eigenvalue weighted by molar-refractivity contribution is 9.10. The van der Waals surface area contributed by atoms with Crippen molar-refractivity contribution < 1.29 is 14.0 Å². The van der Waals surface area contributed by atoms with E-state index in [0.29, 0.717) is 23.1 Å². The highest BCUT2D eigenvalue weighted by Crippen LogP contribution is 2.29. The van der Waals surface area contributed by atoms with Gasteiger partial charge in [0.05, 0.1) is 12.2 Å². The zero-order valence-corrected chi connectivity index (χ0v) is 15.9. The first kappa shape index (κ1) is 17.0. The van der Waals surface area contributed by atoms with Gasteiger partial charge < -0.3 is 14.6 Å². The molecule has 132 valence electrons. The molecule has 1 aromatic carbocycles. The van der Waals surface area contributed by atoms with E-state index in [-0.39, 0.29) is 18.2 Å². The van der Waals surface area contributed by atoms with Crippen LogP contribution in [0.5, 0.6) is 0 Å². The summed E-state index contributed by atoms with van der Waals surface area (Å²) in [7, 11) is 0. The van der Waals surface area contributed by atoms with Gasteiger partial charge in [0, 0.05) is 28.5 Å². The van der Waals surface area contributed by atoms with Gasteiger partial charge in [0.15, 0.2) is 10.9 Å². The van der Waals surface area contributed by atoms with Crippen molar-refractivity contribution in [3.05, 3.63) is 52.5 Å². The number of carbonyl (C=O) groups excluding carboxylic acids is 2. The smallest absolute Gasteiger partial charge is 0.231 e. The summed E-state index contributed by atoms with van der Waals surface area (Å²) >= 11 is 4.73. The Hall–Kier alpha value is -2.45. The van der Waals surface area contributed by atoms with E-state index in [0.717, 1.165) is 10.2 Å². The molecular formula is C18H14BrN3O3S. The minimum absolute atomic E-state index is 0.0568. The number of benzene rings is 1. The Morgan fingerprint density at radius 3 is 3.00 bits per heavy atom. The molecule has 26 heavy (non-hydrogen) atoms. The Bertz CT molecular complexity index is 954. The molecule has 1 saturated heterocycles. The standard InChI is InChI=1S/C18H14BrN3O3S/c19-12-3-1-4-13(8-12)22-9-11(7-16(22)23)17(24)21-18-20-14(10-26-18)15-5-2-6-25-15/h1-6,8,10-11H,7,9H2,(H,20,21,24)/t11-/m0/s1. The lowest BCUT2D eigenvalue weighted by Crippen LogP contribution is -2.28. The molecule has 1 N–H and O–H groups in total. The third-order valence-corrected chi connectivity index (χ3v) is 5.37. The van der Waals surface area contributed by atoms with E-state index in [4.69, 9.17) is 4.42 Å². The van der Waals surface area contributed by atoms with Crippen LogP contribution in [0.4, 0.5) is 10.8 Å². The summed E-state index contributed by atoms with van der Waals surface area (Å²) in [6.07, 6.45) is 1.77. The van der Waals surface area contributed by atoms with Crippen molar-refractivity contribution in [1.82, 2.24) is 4.98 Å². The van der Waals surface area contributed by atoms with Gasteiger partial charge in [0.25, 0.3) is 0 Å². The lowest BCUT2D eigenvalue weighted by molar-refractivity contribution is -0.122. The number of hydrogen-bond donors (Lipinski definition) is 1. The van der Waals surface area contributed by atoms with Crippen molar-refractivity contribution in [2.75, 3.05) is 16.8 Å². The maximum absolute atomic E-state index is 12.5. The van der Waals surface area contributed by atoms with E-state index >= 15 is 0 Å². The number of nitrogens with zero attached hydrogens (tertiary/aromatic N) is 2. The van der Waals surface area contributed by atoms with Gasteiger partial charge in [-0.1, -0.05) is 22.0 Å². The predicted molar refractivity (Wildman–Crippen MR) is 103 cm³/mol. The molecule has 2 amide bonds. The molecule has 6 nitrogen and oxygen atoms in total. The molecule has 0 spiro atoms. The van der Waals surface area contributed by atoms with Crippen LogP contribution in [0.15, 0.2) is 56.9 Å². The number of hydrogen-bond acceptors (Lipinski definition) is 5. The molecule has 0 saturated carbocycles. The van der Waals surface area contributed by atoms with Crippen molar-refractivity contribution in [2.45, 2.75) is 6.42 Å². The number of nitrogens with one attached hydrogen (secondary N) is 1. The van der Waals surface area contributed by atoms with Gasteiger partial charge in [0.1, 0.15) is 5.69 Å². The monoisotopic (exact) mass is 431 g/mol. The normalized spacial score (nSPS) is 16.9. The fourth-order valence-electron chi connectivity index (χ4n) is 2.85. The molecule has 1 fully saturated rings. The van der Waals surface area contributed by atoms with Crippen LogP contribution < -0.4 is 10.2 Å². The Kier molecular flexibility index (Phi) is 4.60. The summed E-state index contributed by atoms with van der Waals surface area (Å²) in [5.41, 5.74) is 1.46. The van der Waals surface area contributed by atoms with E-state index in [9.17, 15) is 9.59 Å². The zero-order valence-electron chi connectivity index (χ0n) is 13.5. The molecule has 1 aliphatic heterocycles. The quantitative estimate of drug-likeness (QED) is 0.672. The number of furan rings is 1. The van der Waals surface area contributed by atoms with Crippen molar-refractivity contribution in [2.24, 2.45) is 5.92 Å². The summed E-state index contributed by atoms with van der Waals surface area (Å²) < 4.78 is 6.19. The third kappa shape index (κ3) is 3.42. The van der Waals surface area contributed by atoms with Gasteiger partial charge in [-0.15, -0.1) is 11.3 Å². The lowest BCUT2D eigenvalue weighted by Gasteiger charge is -2.16. The van der Waals surface area contributed by atoms with Gasteiger partial charge in [-0.05, 0) is 30.3 Å². The first-order valence-corrected chi connectivity index (χ1v) is 9.63. The topological polar surface area (TPSA) is 75.4 Å². The van der Waals surface area contributed by atoms with Gasteiger partial charge >= 0.3 is 0 Å². The maximum atomic E-state index is 12.5. The SMILES string of the molecule is O=C(Nc1nc(-c2ccco2)cs1)[C@H]1CC(=O)N(c2cccc(Br)c2)C1. The van der Waals surface area contributed by atoms with Gasteiger partial charge in [-0.2, -0.15) is 0 Å². The Morgan fingerprint density at radius 1 is 1.35 bits per heavy atom. The Morgan fingerprint density at radius 2 is 2.23 bits per heavy atom. The highest BCUT2D eigenvalue weighted by atomic mass is 79.9. The second-order valence-corrected chi connectivity index (χ2v) is 7.66. The van der Waals surface area contributed by atoms with E-state index in [1.165, 1.54) is 11.3 Å². The average Bonchev–Trinajstić information content (AvgIpc) is 3.34. The van der Waals surface area contributed by atoms with Crippen molar-refractivity contribution in [1.29, 1.82) is 0 Å². The zero-order chi connectivity index (χ0) is 18.1. The highest BCUT2D eigenvalue weighted by Gasteiger charge is 2.35.